The molecule has 0 saturated carbocycles. The molecule has 1 aromatic rings. The molecule has 0 spiro atoms. The lowest BCUT2D eigenvalue weighted by atomic mass is 10.1. The summed E-state index contributed by atoms with van der Waals surface area (Å²) in [5.74, 6) is -0.0604. The number of anilines is 2. The molecule has 0 radical (unpaired) electrons. The van der Waals surface area contributed by atoms with E-state index in [4.69, 9.17) is 11.5 Å². The zero-order chi connectivity index (χ0) is 8.43. The van der Waals surface area contributed by atoms with Crippen LogP contribution in [-0.2, 0) is 0 Å². The molecule has 11 heavy (non-hydrogen) atoms. The van der Waals surface area contributed by atoms with Crippen LogP contribution in [0.25, 0.3) is 0 Å². The maximum atomic E-state index is 10.9. The summed E-state index contributed by atoms with van der Waals surface area (Å²) < 4.78 is 0. The lowest BCUT2D eigenvalue weighted by Gasteiger charge is -2.01. The quantitative estimate of drug-likeness (QED) is 0.464. The van der Waals surface area contributed by atoms with Crippen LogP contribution in [0.2, 0.25) is 0 Å². The predicted molar refractivity (Wildman–Crippen MR) is 45.3 cm³/mol. The molecule has 0 heterocycles. The highest BCUT2D eigenvalue weighted by Gasteiger charge is 2.03. The van der Waals surface area contributed by atoms with Gasteiger partial charge < -0.3 is 11.5 Å². The fourth-order valence-electron chi connectivity index (χ4n) is 0.879. The van der Waals surface area contributed by atoms with E-state index in [0.717, 1.165) is 0 Å². The van der Waals surface area contributed by atoms with Gasteiger partial charge in [0, 0.05) is 16.9 Å². The number of carbonyl (C=O) groups excluding carboxylic acids is 1. The van der Waals surface area contributed by atoms with Crippen molar-refractivity contribution in [2.75, 3.05) is 11.5 Å². The molecule has 0 aliphatic rings. The number of Topliss-reactive ketones (excluding diaryl/α,β-unsaturated/α-hetero) is 1. The molecule has 4 N–H and O–H groups in total. The highest BCUT2D eigenvalue weighted by Crippen LogP contribution is 2.15. The monoisotopic (exact) mass is 150 g/mol. The molecule has 58 valence electrons. The largest absolute Gasteiger partial charge is 0.399 e. The van der Waals surface area contributed by atoms with E-state index in [1.807, 2.05) is 0 Å². The van der Waals surface area contributed by atoms with Crippen molar-refractivity contribution in [2.24, 2.45) is 0 Å². The molecule has 0 fully saturated rings. The van der Waals surface area contributed by atoms with Crippen LogP contribution in [0.4, 0.5) is 11.4 Å². The second-order valence-electron chi connectivity index (χ2n) is 2.40. The number of hydrogen-bond donors (Lipinski definition) is 2. The van der Waals surface area contributed by atoms with E-state index in [1.165, 1.54) is 6.92 Å². The zero-order valence-corrected chi connectivity index (χ0v) is 6.29. The average Bonchev–Trinajstić information content (AvgIpc) is 1.94. The molecule has 3 heteroatoms. The highest BCUT2D eigenvalue weighted by molar-refractivity contribution is 5.99. The van der Waals surface area contributed by atoms with Crippen molar-refractivity contribution in [2.45, 2.75) is 6.92 Å². The third kappa shape index (κ3) is 1.49. The van der Waals surface area contributed by atoms with E-state index in [2.05, 4.69) is 0 Å². The zero-order valence-electron chi connectivity index (χ0n) is 6.29. The van der Waals surface area contributed by atoms with Crippen LogP contribution in [0, 0.1) is 0 Å². The predicted octanol–water partition coefficient (Wildman–Crippen LogP) is 1.05. The first-order valence-corrected chi connectivity index (χ1v) is 3.27. The van der Waals surface area contributed by atoms with Gasteiger partial charge in [0.2, 0.25) is 0 Å². The van der Waals surface area contributed by atoms with Gasteiger partial charge in [-0.05, 0) is 25.1 Å². The van der Waals surface area contributed by atoms with Gasteiger partial charge >= 0.3 is 0 Å². The first-order valence-electron chi connectivity index (χ1n) is 3.27. The normalized spacial score (nSPS) is 9.55. The summed E-state index contributed by atoms with van der Waals surface area (Å²) in [6.45, 7) is 1.46. The molecule has 0 aromatic heterocycles. The van der Waals surface area contributed by atoms with E-state index in [1.54, 1.807) is 18.2 Å². The first kappa shape index (κ1) is 7.60. The summed E-state index contributed by atoms with van der Waals surface area (Å²) >= 11 is 0. The van der Waals surface area contributed by atoms with Crippen molar-refractivity contribution in [3.8, 4) is 0 Å². The number of nitrogen functional groups attached to an aromatic ring is 2. The summed E-state index contributed by atoms with van der Waals surface area (Å²) in [4.78, 5) is 10.9. The van der Waals surface area contributed by atoms with Crippen molar-refractivity contribution in [3.63, 3.8) is 0 Å². The van der Waals surface area contributed by atoms with Crippen LogP contribution in [0.1, 0.15) is 17.3 Å². The Hall–Kier alpha value is -1.51. The number of nitrogens with two attached hydrogens (primary N) is 2. The molecular formula is C8H10N2O. The fourth-order valence-corrected chi connectivity index (χ4v) is 0.879. The van der Waals surface area contributed by atoms with Crippen LogP contribution >= 0.6 is 0 Å². The number of benzene rings is 1. The van der Waals surface area contributed by atoms with Gasteiger partial charge in [0.1, 0.15) is 0 Å². The van der Waals surface area contributed by atoms with Gasteiger partial charge in [-0.3, -0.25) is 4.79 Å². The topological polar surface area (TPSA) is 69.1 Å². The third-order valence-electron chi connectivity index (χ3n) is 1.46. The number of hydrogen-bond acceptors (Lipinski definition) is 3. The van der Waals surface area contributed by atoms with Crippen molar-refractivity contribution >= 4 is 17.2 Å². The number of rotatable bonds is 1. The van der Waals surface area contributed by atoms with Crippen LogP contribution in [0.5, 0.6) is 0 Å². The van der Waals surface area contributed by atoms with Crippen LogP contribution in [0.3, 0.4) is 0 Å². The first-order chi connectivity index (χ1) is 5.11. The van der Waals surface area contributed by atoms with Crippen LogP contribution in [-0.4, -0.2) is 5.78 Å². The second kappa shape index (κ2) is 2.62. The highest BCUT2D eigenvalue weighted by atomic mass is 16.1. The van der Waals surface area contributed by atoms with Crippen molar-refractivity contribution in [1.29, 1.82) is 0 Å². The Morgan fingerprint density at radius 1 is 1.36 bits per heavy atom. The minimum atomic E-state index is -0.0604. The molecule has 0 amide bonds. The summed E-state index contributed by atoms with van der Waals surface area (Å²) in [6, 6.07) is 4.88. The van der Waals surface area contributed by atoms with Crippen molar-refractivity contribution < 1.29 is 4.79 Å². The van der Waals surface area contributed by atoms with Gasteiger partial charge in [-0.2, -0.15) is 0 Å². The van der Waals surface area contributed by atoms with Gasteiger partial charge in [0.05, 0.1) is 0 Å². The minimum absolute atomic E-state index is 0.0604. The van der Waals surface area contributed by atoms with E-state index < -0.39 is 0 Å². The summed E-state index contributed by atoms with van der Waals surface area (Å²) in [5, 5.41) is 0. The van der Waals surface area contributed by atoms with Gasteiger partial charge in [0.25, 0.3) is 0 Å². The maximum Gasteiger partial charge on any atom is 0.161 e. The lowest BCUT2D eigenvalue weighted by Crippen LogP contribution is -2.00. The molecule has 0 atom stereocenters. The van der Waals surface area contributed by atoms with E-state index >= 15 is 0 Å². The summed E-state index contributed by atoms with van der Waals surface area (Å²) in [7, 11) is 0. The molecule has 0 saturated heterocycles. The molecule has 0 aliphatic carbocycles. The average molecular weight is 150 g/mol. The van der Waals surface area contributed by atoms with Gasteiger partial charge in [0.15, 0.2) is 5.78 Å². The van der Waals surface area contributed by atoms with Gasteiger partial charge in [-0.1, -0.05) is 0 Å². The summed E-state index contributed by atoms with van der Waals surface area (Å²) in [6.07, 6.45) is 0. The Kier molecular flexibility index (Phi) is 1.81. The molecule has 0 unspecified atom stereocenters. The molecule has 3 nitrogen and oxygen atoms in total. The SMILES string of the molecule is CC(=O)c1cc(N)ccc1N. The van der Waals surface area contributed by atoms with Gasteiger partial charge in [-0.25, -0.2) is 0 Å². The Balaban J connectivity index is 3.23. The Bertz CT molecular complexity index is 294. The smallest absolute Gasteiger partial charge is 0.161 e. The van der Waals surface area contributed by atoms with Crippen LogP contribution < -0.4 is 11.5 Å². The Labute approximate surface area is 65.0 Å². The molecule has 1 aromatic carbocycles. The third-order valence-corrected chi connectivity index (χ3v) is 1.46. The van der Waals surface area contributed by atoms with Gasteiger partial charge in [-0.15, -0.1) is 0 Å². The van der Waals surface area contributed by atoms with E-state index in [0.29, 0.717) is 16.9 Å². The lowest BCUT2D eigenvalue weighted by molar-refractivity contribution is 0.101. The summed E-state index contributed by atoms with van der Waals surface area (Å²) in [5.41, 5.74) is 12.5. The Morgan fingerprint density at radius 3 is 2.45 bits per heavy atom. The molecule has 0 bridgehead atoms. The minimum Gasteiger partial charge on any atom is -0.399 e. The number of carbonyl (C=O) groups is 1. The van der Waals surface area contributed by atoms with Crippen LogP contribution in [0.15, 0.2) is 18.2 Å². The Morgan fingerprint density at radius 2 is 2.00 bits per heavy atom. The van der Waals surface area contributed by atoms with Crippen molar-refractivity contribution in [1.82, 2.24) is 0 Å². The maximum absolute atomic E-state index is 10.9. The molecule has 0 aliphatic heterocycles. The molecular weight excluding hydrogens is 140 g/mol. The molecule has 1 rings (SSSR count). The van der Waals surface area contributed by atoms with E-state index in [-0.39, 0.29) is 5.78 Å². The van der Waals surface area contributed by atoms with Crippen molar-refractivity contribution in [3.05, 3.63) is 23.8 Å². The number of ketones is 1. The van der Waals surface area contributed by atoms with E-state index in [9.17, 15) is 4.79 Å². The second-order valence-corrected chi connectivity index (χ2v) is 2.40. The standard InChI is InChI=1S/C8H10N2O/c1-5(11)7-4-6(9)2-3-8(7)10/h2-4H,9-10H2,1H3. The fraction of sp³-hybridized carbons (Fsp3) is 0.125.